The zero-order valence-electron chi connectivity index (χ0n) is 6.47. The van der Waals surface area contributed by atoms with Gasteiger partial charge in [-0.3, -0.25) is 4.79 Å². The molecule has 2 rings (SSSR count). The monoisotopic (exact) mass is 163 g/mol. The molecule has 0 radical (unpaired) electrons. The number of carbonyl (C=O) groups is 1. The summed E-state index contributed by atoms with van der Waals surface area (Å²) in [6.45, 7) is 1.63. The average Bonchev–Trinajstić information content (AvgIpc) is 2.31. The zero-order valence-corrected chi connectivity index (χ0v) is 6.47. The molecule has 0 N–H and O–H groups in total. The number of hydrogen-bond acceptors (Lipinski definition) is 2. The van der Waals surface area contributed by atoms with Crippen molar-refractivity contribution >= 4 is 17.2 Å². The molecule has 0 spiro atoms. The van der Waals surface area contributed by atoms with Gasteiger partial charge < -0.3 is 0 Å². The first-order chi connectivity index (χ1) is 5.68. The van der Waals surface area contributed by atoms with E-state index in [0.717, 1.165) is 0 Å². The summed E-state index contributed by atoms with van der Waals surface area (Å²) in [6.07, 6.45) is 0. The molecule has 0 unspecified atom stereocenters. The summed E-state index contributed by atoms with van der Waals surface area (Å²) < 4.78 is 12.7. The van der Waals surface area contributed by atoms with Crippen molar-refractivity contribution in [3.8, 4) is 0 Å². The zero-order chi connectivity index (χ0) is 8.72. The van der Waals surface area contributed by atoms with Crippen molar-refractivity contribution in [1.29, 1.82) is 0 Å². The Morgan fingerprint density at radius 1 is 1.42 bits per heavy atom. The highest BCUT2D eigenvalue weighted by molar-refractivity contribution is 6.49. The quantitative estimate of drug-likeness (QED) is 0.576. The lowest BCUT2D eigenvalue weighted by Gasteiger charge is -1.93. The van der Waals surface area contributed by atoms with Crippen LogP contribution in [-0.2, 0) is 0 Å². The lowest BCUT2D eigenvalue weighted by atomic mass is 10.1. The van der Waals surface area contributed by atoms with E-state index in [1.54, 1.807) is 6.92 Å². The summed E-state index contributed by atoms with van der Waals surface area (Å²) in [5, 5.41) is 0. The Bertz CT molecular complexity index is 396. The maximum absolute atomic E-state index is 12.7. The van der Waals surface area contributed by atoms with Crippen LogP contribution in [0.2, 0.25) is 0 Å². The van der Waals surface area contributed by atoms with Gasteiger partial charge >= 0.3 is 0 Å². The predicted molar refractivity (Wildman–Crippen MR) is 43.5 cm³/mol. The van der Waals surface area contributed by atoms with Crippen molar-refractivity contribution in [2.45, 2.75) is 6.92 Å². The Morgan fingerprint density at radius 3 is 2.92 bits per heavy atom. The topological polar surface area (TPSA) is 29.4 Å². The fourth-order valence-electron chi connectivity index (χ4n) is 1.21. The fourth-order valence-corrected chi connectivity index (χ4v) is 1.21. The highest BCUT2D eigenvalue weighted by atomic mass is 19.1. The summed E-state index contributed by atoms with van der Waals surface area (Å²) in [5.74, 6) is -0.573. The van der Waals surface area contributed by atoms with Gasteiger partial charge in [0.05, 0.1) is 17.0 Å². The fraction of sp³-hybridized carbons (Fsp3) is 0.111. The van der Waals surface area contributed by atoms with Gasteiger partial charge in [-0.1, -0.05) is 0 Å². The first kappa shape index (κ1) is 7.16. The molecule has 12 heavy (non-hydrogen) atoms. The van der Waals surface area contributed by atoms with E-state index in [4.69, 9.17) is 0 Å². The van der Waals surface area contributed by atoms with Crippen LogP contribution in [0, 0.1) is 5.82 Å². The molecule has 0 saturated heterocycles. The minimum Gasteiger partial charge on any atom is -0.287 e. The van der Waals surface area contributed by atoms with Gasteiger partial charge in [-0.05, 0) is 25.1 Å². The van der Waals surface area contributed by atoms with E-state index < -0.39 is 5.82 Å². The van der Waals surface area contributed by atoms with Crippen LogP contribution in [0.5, 0.6) is 0 Å². The molecule has 2 nitrogen and oxygen atoms in total. The van der Waals surface area contributed by atoms with Crippen molar-refractivity contribution in [3.63, 3.8) is 0 Å². The summed E-state index contributed by atoms with van der Waals surface area (Å²) in [7, 11) is 0. The van der Waals surface area contributed by atoms with Crippen molar-refractivity contribution in [2.24, 2.45) is 4.99 Å². The van der Waals surface area contributed by atoms with E-state index in [1.807, 2.05) is 0 Å². The number of benzene rings is 1. The predicted octanol–water partition coefficient (Wildman–Crippen LogP) is 2.11. The van der Waals surface area contributed by atoms with Crippen LogP contribution >= 0.6 is 0 Å². The van der Waals surface area contributed by atoms with Crippen LogP contribution in [0.4, 0.5) is 10.1 Å². The van der Waals surface area contributed by atoms with E-state index in [1.165, 1.54) is 18.2 Å². The Labute approximate surface area is 68.7 Å². The number of halogens is 1. The lowest BCUT2D eigenvalue weighted by Crippen LogP contribution is -2.03. The number of rotatable bonds is 0. The van der Waals surface area contributed by atoms with E-state index >= 15 is 0 Å². The van der Waals surface area contributed by atoms with E-state index in [0.29, 0.717) is 17.0 Å². The summed E-state index contributed by atoms with van der Waals surface area (Å²) >= 11 is 0. The molecule has 1 aliphatic heterocycles. The molecule has 0 fully saturated rings. The standard InChI is InChI=1S/C9H6FNO/c1-5-9(12)7-4-6(10)2-3-8(7)11-5/h2-4H,1H3. The Morgan fingerprint density at radius 2 is 2.17 bits per heavy atom. The number of Topliss-reactive ketones (excluding diaryl/α,β-unsaturated/α-hetero) is 1. The van der Waals surface area contributed by atoms with E-state index in [2.05, 4.69) is 4.99 Å². The minimum absolute atomic E-state index is 0.176. The third kappa shape index (κ3) is 0.863. The SMILES string of the molecule is CC1=Nc2ccc(F)cc2C1=O. The number of ketones is 1. The summed E-state index contributed by atoms with van der Waals surface area (Å²) in [6, 6.07) is 4.03. The second-order valence-electron chi connectivity index (χ2n) is 2.69. The van der Waals surface area contributed by atoms with Gasteiger partial charge in [0.25, 0.3) is 0 Å². The molecular formula is C9H6FNO. The normalized spacial score (nSPS) is 14.5. The van der Waals surface area contributed by atoms with Crippen molar-refractivity contribution in [1.82, 2.24) is 0 Å². The first-order valence-corrected chi connectivity index (χ1v) is 3.58. The van der Waals surface area contributed by atoms with Crippen molar-refractivity contribution in [3.05, 3.63) is 29.6 Å². The minimum atomic E-state index is -0.396. The largest absolute Gasteiger partial charge is 0.287 e. The molecular weight excluding hydrogens is 157 g/mol. The molecule has 0 atom stereocenters. The number of nitrogens with zero attached hydrogens (tertiary/aromatic N) is 1. The van der Waals surface area contributed by atoms with Crippen LogP contribution in [0.1, 0.15) is 17.3 Å². The molecule has 0 amide bonds. The van der Waals surface area contributed by atoms with E-state index in [9.17, 15) is 9.18 Å². The molecule has 0 saturated carbocycles. The van der Waals surface area contributed by atoms with Crippen LogP contribution in [-0.4, -0.2) is 11.5 Å². The average molecular weight is 163 g/mol. The Hall–Kier alpha value is -1.51. The van der Waals surface area contributed by atoms with E-state index in [-0.39, 0.29) is 5.78 Å². The first-order valence-electron chi connectivity index (χ1n) is 3.58. The summed E-state index contributed by atoms with van der Waals surface area (Å²) in [5.41, 5.74) is 1.36. The number of aliphatic imine (C=N–C) groups is 1. The molecule has 1 aromatic rings. The van der Waals surface area contributed by atoms with Crippen LogP contribution < -0.4 is 0 Å². The van der Waals surface area contributed by atoms with Gasteiger partial charge in [-0.25, -0.2) is 9.38 Å². The van der Waals surface area contributed by atoms with Gasteiger partial charge in [-0.2, -0.15) is 0 Å². The van der Waals surface area contributed by atoms with Gasteiger partial charge in [0, 0.05) is 0 Å². The highest BCUT2D eigenvalue weighted by Gasteiger charge is 2.20. The third-order valence-corrected chi connectivity index (χ3v) is 1.82. The lowest BCUT2D eigenvalue weighted by molar-refractivity contribution is 0.106. The second-order valence-corrected chi connectivity index (χ2v) is 2.69. The number of hydrogen-bond donors (Lipinski definition) is 0. The molecule has 1 aromatic carbocycles. The molecule has 1 aliphatic rings. The third-order valence-electron chi connectivity index (χ3n) is 1.82. The van der Waals surface area contributed by atoms with Crippen LogP contribution in [0.15, 0.2) is 23.2 Å². The molecule has 0 bridgehead atoms. The van der Waals surface area contributed by atoms with Gasteiger partial charge in [0.2, 0.25) is 5.78 Å². The molecule has 1 heterocycles. The maximum atomic E-state index is 12.7. The van der Waals surface area contributed by atoms with Crippen LogP contribution in [0.3, 0.4) is 0 Å². The number of carbonyl (C=O) groups excluding carboxylic acids is 1. The molecule has 0 aromatic heterocycles. The summed E-state index contributed by atoms with van der Waals surface area (Å²) in [4.78, 5) is 15.2. The number of fused-ring (bicyclic) bond motifs is 1. The molecule has 0 aliphatic carbocycles. The molecule has 60 valence electrons. The van der Waals surface area contributed by atoms with Crippen molar-refractivity contribution in [2.75, 3.05) is 0 Å². The van der Waals surface area contributed by atoms with Gasteiger partial charge in [-0.15, -0.1) is 0 Å². The van der Waals surface area contributed by atoms with Gasteiger partial charge in [0.1, 0.15) is 5.82 Å². The highest BCUT2D eigenvalue weighted by Crippen LogP contribution is 2.26. The Balaban J connectivity index is 2.65. The van der Waals surface area contributed by atoms with Crippen molar-refractivity contribution < 1.29 is 9.18 Å². The second kappa shape index (κ2) is 2.24. The Kier molecular flexibility index (Phi) is 1.33. The van der Waals surface area contributed by atoms with Crippen LogP contribution in [0.25, 0.3) is 0 Å². The smallest absolute Gasteiger partial charge is 0.209 e. The van der Waals surface area contributed by atoms with Gasteiger partial charge in [0.15, 0.2) is 0 Å². The maximum Gasteiger partial charge on any atom is 0.209 e. The molecule has 3 heteroatoms.